The van der Waals surface area contributed by atoms with E-state index in [9.17, 15) is 19.7 Å². The van der Waals surface area contributed by atoms with Crippen molar-refractivity contribution in [2.75, 3.05) is 32.8 Å². The fraction of sp³-hybridized carbons (Fsp3) is 0.600. The highest BCUT2D eigenvalue weighted by atomic mass is 32.1. The molecule has 2 rings (SSSR count). The molecule has 9 heteroatoms. The van der Waals surface area contributed by atoms with Crippen LogP contribution in [0.25, 0.3) is 0 Å². The Morgan fingerprint density at radius 1 is 1.29 bits per heavy atom. The van der Waals surface area contributed by atoms with E-state index in [4.69, 9.17) is 4.74 Å². The van der Waals surface area contributed by atoms with Crippen LogP contribution in [0.4, 0.5) is 10.5 Å². The fourth-order valence-electron chi connectivity index (χ4n) is 2.34. The van der Waals surface area contributed by atoms with E-state index in [2.05, 4.69) is 0 Å². The van der Waals surface area contributed by atoms with Gasteiger partial charge in [0.1, 0.15) is 0 Å². The average Bonchev–Trinajstić information content (AvgIpc) is 2.94. The molecule has 1 aliphatic heterocycles. The standard InChI is InChI=1S/C15H21N3O5S/c1-10(2)9-23-15(20)17-6-4-16(5-7-17)14(19)13-8-12(18(21)22)11(3)24-13/h8,10H,4-7,9H2,1-3H3. The zero-order valence-electron chi connectivity index (χ0n) is 14.0. The van der Waals surface area contributed by atoms with E-state index >= 15 is 0 Å². The van der Waals surface area contributed by atoms with Crippen molar-refractivity contribution in [3.63, 3.8) is 0 Å². The van der Waals surface area contributed by atoms with Crippen LogP contribution >= 0.6 is 11.3 Å². The molecule has 1 aliphatic rings. The third-order valence-corrected chi connectivity index (χ3v) is 4.69. The number of nitro groups is 1. The second-order valence-electron chi connectivity index (χ2n) is 6.06. The maximum Gasteiger partial charge on any atom is 0.409 e. The number of nitrogens with zero attached hydrogens (tertiary/aromatic N) is 3. The maximum absolute atomic E-state index is 12.5. The van der Waals surface area contributed by atoms with Gasteiger partial charge in [-0.15, -0.1) is 11.3 Å². The Hall–Kier alpha value is -2.16. The Morgan fingerprint density at radius 3 is 2.38 bits per heavy atom. The molecular formula is C15H21N3O5S. The SMILES string of the molecule is Cc1sc(C(=O)N2CCN(C(=O)OCC(C)C)CC2)cc1[N+](=O)[O-]. The van der Waals surface area contributed by atoms with Crippen molar-refractivity contribution in [2.24, 2.45) is 5.92 Å². The molecule has 0 radical (unpaired) electrons. The third kappa shape index (κ3) is 4.22. The van der Waals surface area contributed by atoms with E-state index in [0.717, 1.165) is 11.3 Å². The summed E-state index contributed by atoms with van der Waals surface area (Å²) in [6, 6.07) is 1.33. The Morgan fingerprint density at radius 2 is 1.88 bits per heavy atom. The van der Waals surface area contributed by atoms with Crippen molar-refractivity contribution in [1.82, 2.24) is 9.80 Å². The minimum Gasteiger partial charge on any atom is -0.449 e. The normalized spacial score (nSPS) is 14.8. The van der Waals surface area contributed by atoms with Gasteiger partial charge in [-0.2, -0.15) is 0 Å². The van der Waals surface area contributed by atoms with Gasteiger partial charge in [0.15, 0.2) is 0 Å². The number of amides is 2. The van der Waals surface area contributed by atoms with E-state index in [-0.39, 0.29) is 23.6 Å². The first-order valence-corrected chi connectivity index (χ1v) is 8.57. The number of hydrogen-bond donors (Lipinski definition) is 0. The smallest absolute Gasteiger partial charge is 0.409 e. The number of piperazine rings is 1. The van der Waals surface area contributed by atoms with Crippen molar-refractivity contribution < 1.29 is 19.2 Å². The molecule has 0 atom stereocenters. The molecule has 0 N–H and O–H groups in total. The highest BCUT2D eigenvalue weighted by Crippen LogP contribution is 2.29. The first-order chi connectivity index (χ1) is 11.3. The van der Waals surface area contributed by atoms with Crippen molar-refractivity contribution >= 4 is 29.0 Å². The minimum absolute atomic E-state index is 0.0285. The summed E-state index contributed by atoms with van der Waals surface area (Å²) in [5, 5.41) is 10.9. The first kappa shape index (κ1) is 18.2. The van der Waals surface area contributed by atoms with Gasteiger partial charge in [0.05, 0.1) is 21.3 Å². The number of hydrogen-bond acceptors (Lipinski definition) is 6. The van der Waals surface area contributed by atoms with Crippen LogP contribution in [0.1, 0.15) is 28.4 Å². The second kappa shape index (κ2) is 7.61. The van der Waals surface area contributed by atoms with E-state index in [1.807, 2.05) is 13.8 Å². The van der Waals surface area contributed by atoms with Crippen molar-refractivity contribution in [3.05, 3.63) is 25.9 Å². The Bertz CT molecular complexity index is 635. The second-order valence-corrected chi connectivity index (χ2v) is 7.32. The summed E-state index contributed by atoms with van der Waals surface area (Å²) in [5.74, 6) is 0.0427. The average molecular weight is 355 g/mol. The van der Waals surface area contributed by atoms with Crippen LogP contribution in [0.15, 0.2) is 6.07 Å². The summed E-state index contributed by atoms with van der Waals surface area (Å²) in [6.45, 7) is 7.50. The summed E-state index contributed by atoms with van der Waals surface area (Å²) in [7, 11) is 0. The van der Waals surface area contributed by atoms with Gasteiger partial charge in [0, 0.05) is 32.2 Å². The molecule has 0 aromatic carbocycles. The zero-order valence-corrected chi connectivity index (χ0v) is 14.8. The molecule has 0 saturated carbocycles. The Kier molecular flexibility index (Phi) is 5.76. The third-order valence-electron chi connectivity index (χ3n) is 3.66. The summed E-state index contributed by atoms with van der Waals surface area (Å²) in [4.78, 5) is 38.8. The number of carbonyl (C=O) groups excluding carboxylic acids is 2. The summed E-state index contributed by atoms with van der Waals surface area (Å²) < 4.78 is 5.18. The highest BCUT2D eigenvalue weighted by Gasteiger charge is 2.28. The van der Waals surface area contributed by atoms with E-state index in [1.165, 1.54) is 6.07 Å². The summed E-state index contributed by atoms with van der Waals surface area (Å²) in [6.07, 6.45) is -0.363. The number of aryl methyl sites for hydroxylation is 1. The van der Waals surface area contributed by atoms with Crippen LogP contribution in [-0.2, 0) is 4.74 Å². The minimum atomic E-state index is -0.481. The molecule has 132 valence electrons. The molecule has 1 fully saturated rings. The molecule has 1 saturated heterocycles. The molecule has 2 amide bonds. The molecule has 0 bridgehead atoms. The van der Waals surface area contributed by atoms with Crippen LogP contribution in [0.3, 0.4) is 0 Å². The van der Waals surface area contributed by atoms with Crippen molar-refractivity contribution in [2.45, 2.75) is 20.8 Å². The van der Waals surface area contributed by atoms with E-state index < -0.39 is 4.92 Å². The Labute approximate surface area is 144 Å². The van der Waals surface area contributed by atoms with Gasteiger partial charge < -0.3 is 14.5 Å². The molecular weight excluding hydrogens is 334 g/mol. The fourth-order valence-corrected chi connectivity index (χ4v) is 3.29. The lowest BCUT2D eigenvalue weighted by molar-refractivity contribution is -0.385. The van der Waals surface area contributed by atoms with Crippen LogP contribution in [-0.4, -0.2) is 59.5 Å². The van der Waals surface area contributed by atoms with Gasteiger partial charge in [-0.05, 0) is 12.8 Å². The largest absolute Gasteiger partial charge is 0.449 e. The van der Waals surface area contributed by atoms with Crippen LogP contribution < -0.4 is 0 Å². The summed E-state index contributed by atoms with van der Waals surface area (Å²) in [5.41, 5.74) is -0.0285. The molecule has 1 aromatic rings. The lowest BCUT2D eigenvalue weighted by atomic mass is 10.2. The lowest BCUT2D eigenvalue weighted by Gasteiger charge is -2.34. The molecule has 0 unspecified atom stereocenters. The van der Waals surface area contributed by atoms with Gasteiger partial charge in [-0.3, -0.25) is 14.9 Å². The zero-order chi connectivity index (χ0) is 17.9. The van der Waals surface area contributed by atoms with E-state index in [0.29, 0.717) is 42.5 Å². The van der Waals surface area contributed by atoms with Crippen LogP contribution in [0.5, 0.6) is 0 Å². The monoisotopic (exact) mass is 355 g/mol. The van der Waals surface area contributed by atoms with Gasteiger partial charge >= 0.3 is 6.09 Å². The van der Waals surface area contributed by atoms with Crippen LogP contribution in [0, 0.1) is 23.0 Å². The van der Waals surface area contributed by atoms with E-state index in [1.54, 1.807) is 16.7 Å². The van der Waals surface area contributed by atoms with Crippen molar-refractivity contribution in [1.29, 1.82) is 0 Å². The maximum atomic E-state index is 12.5. The predicted molar refractivity (Wildman–Crippen MR) is 89.4 cm³/mol. The predicted octanol–water partition coefficient (Wildman–Crippen LogP) is 2.52. The number of rotatable bonds is 4. The molecule has 24 heavy (non-hydrogen) atoms. The topological polar surface area (TPSA) is 93.0 Å². The number of carbonyl (C=O) groups is 2. The van der Waals surface area contributed by atoms with Crippen molar-refractivity contribution in [3.8, 4) is 0 Å². The quantitative estimate of drug-likeness (QED) is 0.611. The molecule has 8 nitrogen and oxygen atoms in total. The summed E-state index contributed by atoms with van der Waals surface area (Å²) >= 11 is 1.12. The van der Waals surface area contributed by atoms with Gasteiger partial charge in [-0.1, -0.05) is 13.8 Å². The molecule has 2 heterocycles. The lowest BCUT2D eigenvalue weighted by Crippen LogP contribution is -2.50. The number of ether oxygens (including phenoxy) is 1. The highest BCUT2D eigenvalue weighted by molar-refractivity contribution is 7.14. The molecule has 1 aromatic heterocycles. The van der Waals surface area contributed by atoms with Gasteiger partial charge in [0.25, 0.3) is 11.6 Å². The van der Waals surface area contributed by atoms with Gasteiger partial charge in [-0.25, -0.2) is 4.79 Å². The first-order valence-electron chi connectivity index (χ1n) is 7.75. The Balaban J connectivity index is 1.92. The number of thiophene rings is 1. The van der Waals surface area contributed by atoms with Gasteiger partial charge in [0.2, 0.25) is 0 Å². The molecule has 0 spiro atoms. The van der Waals surface area contributed by atoms with Crippen LogP contribution in [0.2, 0.25) is 0 Å². The molecule has 0 aliphatic carbocycles.